The number of anilines is 1. The highest BCUT2D eigenvalue weighted by Gasteiger charge is 2.22. The summed E-state index contributed by atoms with van der Waals surface area (Å²) in [5, 5.41) is 5.68. The Morgan fingerprint density at radius 1 is 1.09 bits per heavy atom. The molecule has 1 saturated heterocycles. The summed E-state index contributed by atoms with van der Waals surface area (Å²) < 4.78 is 0. The Labute approximate surface area is 136 Å². The van der Waals surface area contributed by atoms with Gasteiger partial charge in [-0.2, -0.15) is 0 Å². The Hall–Kier alpha value is -2.22. The van der Waals surface area contributed by atoms with Gasteiger partial charge < -0.3 is 20.4 Å². The third-order valence-electron chi connectivity index (χ3n) is 3.73. The lowest BCUT2D eigenvalue weighted by Crippen LogP contribution is -2.49. The molecule has 0 aliphatic carbocycles. The highest BCUT2D eigenvalue weighted by atomic mass is 16.2. The SMILES string of the molecule is CNCCC(=O)NCCC(=O)N1CCN(c2ncccn2)CC1. The van der Waals surface area contributed by atoms with E-state index in [9.17, 15) is 9.59 Å². The Kier molecular flexibility index (Phi) is 6.74. The number of amides is 2. The number of aromatic nitrogens is 2. The zero-order valence-electron chi connectivity index (χ0n) is 13.5. The predicted octanol–water partition coefficient (Wildman–Crippen LogP) is -0.759. The van der Waals surface area contributed by atoms with Gasteiger partial charge in [0.2, 0.25) is 17.8 Å². The van der Waals surface area contributed by atoms with Crippen molar-refractivity contribution in [2.75, 3.05) is 51.2 Å². The third-order valence-corrected chi connectivity index (χ3v) is 3.73. The minimum Gasteiger partial charge on any atom is -0.356 e. The normalized spacial score (nSPS) is 14.7. The number of rotatable bonds is 7. The van der Waals surface area contributed by atoms with E-state index in [0.29, 0.717) is 45.0 Å². The number of carbonyl (C=O) groups excluding carboxylic acids is 2. The number of nitrogens with zero attached hydrogens (tertiary/aromatic N) is 4. The lowest BCUT2D eigenvalue weighted by molar-refractivity contribution is -0.131. The molecule has 2 rings (SSSR count). The molecular weight excluding hydrogens is 296 g/mol. The first kappa shape index (κ1) is 17.1. The van der Waals surface area contributed by atoms with Crippen molar-refractivity contribution in [1.82, 2.24) is 25.5 Å². The Balaban J connectivity index is 1.66. The van der Waals surface area contributed by atoms with Crippen LogP contribution in [0.4, 0.5) is 5.95 Å². The fourth-order valence-corrected chi connectivity index (χ4v) is 2.40. The molecule has 0 unspecified atom stereocenters. The molecule has 8 heteroatoms. The molecule has 2 N–H and O–H groups in total. The van der Waals surface area contributed by atoms with Gasteiger partial charge in [0.15, 0.2) is 0 Å². The van der Waals surface area contributed by atoms with E-state index in [0.717, 1.165) is 13.1 Å². The fraction of sp³-hybridized carbons (Fsp3) is 0.600. The molecule has 0 atom stereocenters. The van der Waals surface area contributed by atoms with Crippen LogP contribution in [0.25, 0.3) is 0 Å². The summed E-state index contributed by atoms with van der Waals surface area (Å²) in [6.07, 6.45) is 4.21. The van der Waals surface area contributed by atoms with Gasteiger partial charge in [-0.05, 0) is 13.1 Å². The summed E-state index contributed by atoms with van der Waals surface area (Å²) in [5.74, 6) is 0.752. The maximum atomic E-state index is 12.1. The van der Waals surface area contributed by atoms with Gasteiger partial charge in [-0.1, -0.05) is 0 Å². The predicted molar refractivity (Wildman–Crippen MR) is 87.0 cm³/mol. The number of nitrogens with one attached hydrogen (secondary N) is 2. The van der Waals surface area contributed by atoms with Crippen molar-refractivity contribution >= 4 is 17.8 Å². The quantitative estimate of drug-likeness (QED) is 0.686. The molecule has 1 aliphatic rings. The Morgan fingerprint density at radius 3 is 2.43 bits per heavy atom. The van der Waals surface area contributed by atoms with E-state index < -0.39 is 0 Å². The fourth-order valence-electron chi connectivity index (χ4n) is 2.40. The second-order valence-corrected chi connectivity index (χ2v) is 5.37. The van der Waals surface area contributed by atoms with Crippen molar-refractivity contribution in [3.05, 3.63) is 18.5 Å². The maximum absolute atomic E-state index is 12.1. The minimum atomic E-state index is -0.0294. The van der Waals surface area contributed by atoms with Crippen molar-refractivity contribution < 1.29 is 9.59 Å². The van der Waals surface area contributed by atoms with Crippen LogP contribution in [-0.2, 0) is 9.59 Å². The maximum Gasteiger partial charge on any atom is 0.225 e. The molecule has 2 heterocycles. The summed E-state index contributed by atoms with van der Waals surface area (Å²) in [6.45, 7) is 3.80. The largest absolute Gasteiger partial charge is 0.356 e. The van der Waals surface area contributed by atoms with E-state index in [2.05, 4.69) is 25.5 Å². The minimum absolute atomic E-state index is 0.0294. The van der Waals surface area contributed by atoms with Crippen LogP contribution in [0.15, 0.2) is 18.5 Å². The van der Waals surface area contributed by atoms with Crippen LogP contribution < -0.4 is 15.5 Å². The standard InChI is InChI=1S/C15H24N6O2/c1-16-7-3-13(22)17-8-4-14(23)20-9-11-21(12-10-20)15-18-5-2-6-19-15/h2,5-6,16H,3-4,7-12H2,1H3,(H,17,22). The second kappa shape index (κ2) is 9.04. The van der Waals surface area contributed by atoms with Crippen LogP contribution in [0.3, 0.4) is 0 Å². The third kappa shape index (κ3) is 5.48. The molecule has 0 spiro atoms. The van der Waals surface area contributed by atoms with E-state index in [4.69, 9.17) is 0 Å². The van der Waals surface area contributed by atoms with Gasteiger partial charge in [0, 0.05) is 64.5 Å². The second-order valence-electron chi connectivity index (χ2n) is 5.37. The van der Waals surface area contributed by atoms with Crippen LogP contribution in [0.1, 0.15) is 12.8 Å². The average molecular weight is 320 g/mol. The Bertz CT molecular complexity index is 502. The smallest absolute Gasteiger partial charge is 0.225 e. The van der Waals surface area contributed by atoms with Crippen molar-refractivity contribution in [2.45, 2.75) is 12.8 Å². The van der Waals surface area contributed by atoms with Gasteiger partial charge in [0.25, 0.3) is 0 Å². The number of piperazine rings is 1. The zero-order valence-corrected chi connectivity index (χ0v) is 13.5. The van der Waals surface area contributed by atoms with Gasteiger partial charge in [-0.15, -0.1) is 0 Å². The van der Waals surface area contributed by atoms with Crippen LogP contribution >= 0.6 is 0 Å². The van der Waals surface area contributed by atoms with Gasteiger partial charge in [-0.25, -0.2) is 9.97 Å². The average Bonchev–Trinajstić information content (AvgIpc) is 2.60. The van der Waals surface area contributed by atoms with Crippen molar-refractivity contribution in [2.24, 2.45) is 0 Å². The topological polar surface area (TPSA) is 90.5 Å². The van der Waals surface area contributed by atoms with E-state index in [-0.39, 0.29) is 11.8 Å². The molecular formula is C15H24N6O2. The zero-order chi connectivity index (χ0) is 16.5. The lowest BCUT2D eigenvalue weighted by Gasteiger charge is -2.34. The highest BCUT2D eigenvalue weighted by molar-refractivity contribution is 5.79. The van der Waals surface area contributed by atoms with Gasteiger partial charge >= 0.3 is 0 Å². The molecule has 0 aromatic carbocycles. The molecule has 1 aliphatic heterocycles. The summed E-state index contributed by atoms with van der Waals surface area (Å²) in [6, 6.07) is 1.79. The number of carbonyl (C=O) groups is 2. The highest BCUT2D eigenvalue weighted by Crippen LogP contribution is 2.10. The van der Waals surface area contributed by atoms with Crippen LogP contribution in [0.2, 0.25) is 0 Å². The first-order chi connectivity index (χ1) is 11.2. The molecule has 1 aromatic heterocycles. The molecule has 23 heavy (non-hydrogen) atoms. The van der Waals surface area contributed by atoms with E-state index in [1.807, 2.05) is 4.90 Å². The summed E-state index contributed by atoms with van der Waals surface area (Å²) >= 11 is 0. The molecule has 1 aromatic rings. The lowest BCUT2D eigenvalue weighted by atomic mass is 10.2. The van der Waals surface area contributed by atoms with Gasteiger partial charge in [0.1, 0.15) is 0 Å². The molecule has 0 bridgehead atoms. The van der Waals surface area contributed by atoms with Crippen LogP contribution in [0, 0.1) is 0 Å². The summed E-state index contributed by atoms with van der Waals surface area (Å²) in [4.78, 5) is 36.0. The van der Waals surface area contributed by atoms with Crippen molar-refractivity contribution in [3.8, 4) is 0 Å². The monoisotopic (exact) mass is 320 g/mol. The summed E-state index contributed by atoms with van der Waals surface area (Å²) in [7, 11) is 1.80. The van der Waals surface area contributed by atoms with E-state index in [1.54, 1.807) is 25.5 Å². The van der Waals surface area contributed by atoms with Crippen molar-refractivity contribution in [3.63, 3.8) is 0 Å². The molecule has 2 amide bonds. The van der Waals surface area contributed by atoms with Crippen molar-refractivity contribution in [1.29, 1.82) is 0 Å². The van der Waals surface area contributed by atoms with E-state index in [1.165, 1.54) is 0 Å². The molecule has 0 saturated carbocycles. The van der Waals surface area contributed by atoms with Gasteiger partial charge in [0.05, 0.1) is 0 Å². The molecule has 126 valence electrons. The number of hydrogen-bond acceptors (Lipinski definition) is 6. The van der Waals surface area contributed by atoms with E-state index >= 15 is 0 Å². The number of hydrogen-bond donors (Lipinski definition) is 2. The molecule has 8 nitrogen and oxygen atoms in total. The first-order valence-electron chi connectivity index (χ1n) is 7.91. The molecule has 1 fully saturated rings. The first-order valence-corrected chi connectivity index (χ1v) is 7.91. The summed E-state index contributed by atoms with van der Waals surface area (Å²) in [5.41, 5.74) is 0. The van der Waals surface area contributed by atoms with Crippen LogP contribution in [-0.4, -0.2) is 73.0 Å². The van der Waals surface area contributed by atoms with Crippen LogP contribution in [0.5, 0.6) is 0 Å². The molecule has 0 radical (unpaired) electrons. The Morgan fingerprint density at radius 2 is 1.78 bits per heavy atom. The van der Waals surface area contributed by atoms with Gasteiger partial charge in [-0.3, -0.25) is 9.59 Å².